The largest absolute Gasteiger partial charge is 0.468 e. The van der Waals surface area contributed by atoms with Crippen LogP contribution < -0.4 is 9.88 Å². The van der Waals surface area contributed by atoms with E-state index in [0.29, 0.717) is 13.2 Å². The van der Waals surface area contributed by atoms with Gasteiger partial charge in [-0.25, -0.2) is 18.5 Å². The molecule has 15 heavy (non-hydrogen) atoms. The Hall–Kier alpha value is -1.18. The Morgan fingerprint density at radius 3 is 2.80 bits per heavy atom. The number of ether oxygens (including phenoxy) is 2. The molecule has 0 saturated carbocycles. The van der Waals surface area contributed by atoms with Crippen molar-refractivity contribution in [2.75, 3.05) is 13.2 Å². The minimum absolute atomic E-state index is 0.0355. The van der Waals surface area contributed by atoms with Crippen LogP contribution >= 0.6 is 0 Å². The van der Waals surface area contributed by atoms with Crippen LogP contribution in [-0.4, -0.2) is 32.7 Å². The van der Waals surface area contributed by atoms with Crippen LogP contribution in [0.3, 0.4) is 0 Å². The Balaban J connectivity index is 2.29. The first-order valence-electron chi connectivity index (χ1n) is 4.29. The van der Waals surface area contributed by atoms with Crippen molar-refractivity contribution in [1.29, 1.82) is 0 Å². The van der Waals surface area contributed by atoms with E-state index in [2.05, 4.69) is 4.98 Å². The lowest BCUT2D eigenvalue weighted by Gasteiger charge is -2.26. The molecule has 0 atom stereocenters. The number of nitrogens with zero attached hydrogens (tertiary/aromatic N) is 1. The van der Waals surface area contributed by atoms with E-state index in [-0.39, 0.29) is 16.9 Å². The molecule has 1 saturated heterocycles. The molecule has 1 aromatic rings. The van der Waals surface area contributed by atoms with Gasteiger partial charge in [-0.3, -0.25) is 0 Å². The number of sulfonamides is 1. The molecule has 2 N–H and O–H groups in total. The molecule has 0 spiro atoms. The van der Waals surface area contributed by atoms with Gasteiger partial charge in [0, 0.05) is 6.20 Å². The smallest absolute Gasteiger partial charge is 0.243 e. The number of hydrogen-bond donors (Lipinski definition) is 1. The summed E-state index contributed by atoms with van der Waals surface area (Å²) in [5.41, 5.74) is 0. The van der Waals surface area contributed by atoms with E-state index in [1.54, 1.807) is 0 Å². The van der Waals surface area contributed by atoms with Crippen LogP contribution in [0.25, 0.3) is 0 Å². The normalized spacial score (nSPS) is 17.1. The second-order valence-corrected chi connectivity index (χ2v) is 4.66. The molecule has 7 heteroatoms. The monoisotopic (exact) mass is 230 g/mol. The van der Waals surface area contributed by atoms with Gasteiger partial charge in [0.25, 0.3) is 0 Å². The molecular formula is C8H10N2O4S. The zero-order valence-electron chi connectivity index (χ0n) is 7.79. The van der Waals surface area contributed by atoms with Crippen LogP contribution in [0.4, 0.5) is 0 Å². The molecule has 1 fully saturated rings. The Morgan fingerprint density at radius 2 is 2.27 bits per heavy atom. The number of nitrogens with two attached hydrogens (primary N) is 1. The highest BCUT2D eigenvalue weighted by Crippen LogP contribution is 2.21. The van der Waals surface area contributed by atoms with Gasteiger partial charge >= 0.3 is 0 Å². The minimum atomic E-state index is -3.79. The van der Waals surface area contributed by atoms with E-state index < -0.39 is 10.0 Å². The van der Waals surface area contributed by atoms with Crippen molar-refractivity contribution < 1.29 is 17.9 Å². The Morgan fingerprint density at radius 1 is 1.53 bits per heavy atom. The van der Waals surface area contributed by atoms with Gasteiger partial charge in [0.05, 0.1) is 13.2 Å². The molecule has 0 bridgehead atoms. The molecule has 6 nitrogen and oxygen atoms in total. The lowest BCUT2D eigenvalue weighted by Crippen LogP contribution is -2.39. The molecule has 1 aromatic heterocycles. The third kappa shape index (κ3) is 2.25. The van der Waals surface area contributed by atoms with Gasteiger partial charge in [0.1, 0.15) is 11.0 Å². The standard InChI is InChI=1S/C8H10N2O4S/c9-15(11,12)7-2-1-3-10-8(7)14-6-4-13-5-6/h1-3,6H,4-5H2,(H2,9,11,12). The van der Waals surface area contributed by atoms with Gasteiger partial charge in [0.2, 0.25) is 15.9 Å². The predicted molar refractivity (Wildman–Crippen MR) is 50.8 cm³/mol. The molecule has 0 aromatic carbocycles. The van der Waals surface area contributed by atoms with E-state index >= 15 is 0 Å². The zero-order valence-corrected chi connectivity index (χ0v) is 8.61. The number of aromatic nitrogens is 1. The van der Waals surface area contributed by atoms with E-state index in [9.17, 15) is 8.42 Å². The minimum Gasteiger partial charge on any atom is -0.468 e. The van der Waals surface area contributed by atoms with Crippen molar-refractivity contribution >= 4 is 10.0 Å². The second-order valence-electron chi connectivity index (χ2n) is 3.13. The predicted octanol–water partition coefficient (Wildman–Crippen LogP) is -0.493. The van der Waals surface area contributed by atoms with E-state index in [0.717, 1.165) is 0 Å². The fourth-order valence-electron chi connectivity index (χ4n) is 1.12. The van der Waals surface area contributed by atoms with Crippen LogP contribution in [0.5, 0.6) is 5.88 Å². The van der Waals surface area contributed by atoms with Crippen molar-refractivity contribution in [2.24, 2.45) is 5.14 Å². The third-order valence-corrected chi connectivity index (χ3v) is 2.85. The molecule has 2 rings (SSSR count). The molecule has 0 aliphatic carbocycles. The maximum Gasteiger partial charge on any atom is 0.243 e. The van der Waals surface area contributed by atoms with Crippen molar-refractivity contribution in [3.05, 3.63) is 18.3 Å². The average Bonchev–Trinajstić information content (AvgIpc) is 2.10. The molecule has 0 unspecified atom stereocenters. The van der Waals surface area contributed by atoms with E-state index in [1.165, 1.54) is 18.3 Å². The average molecular weight is 230 g/mol. The summed E-state index contributed by atoms with van der Waals surface area (Å²) in [6.45, 7) is 0.890. The molecular weight excluding hydrogens is 220 g/mol. The lowest BCUT2D eigenvalue weighted by molar-refractivity contribution is -0.0824. The maximum atomic E-state index is 11.2. The van der Waals surface area contributed by atoms with Gasteiger partial charge in [-0.05, 0) is 12.1 Å². The number of rotatable bonds is 3. The van der Waals surface area contributed by atoms with Crippen LogP contribution in [-0.2, 0) is 14.8 Å². The maximum absolute atomic E-state index is 11.2. The molecule has 1 aliphatic heterocycles. The fourth-order valence-corrected chi connectivity index (χ4v) is 1.73. The molecule has 0 amide bonds. The SMILES string of the molecule is NS(=O)(=O)c1cccnc1OC1COC1. The van der Waals surface area contributed by atoms with Crippen molar-refractivity contribution in [1.82, 2.24) is 4.98 Å². The highest BCUT2D eigenvalue weighted by atomic mass is 32.2. The fraction of sp³-hybridized carbons (Fsp3) is 0.375. The van der Waals surface area contributed by atoms with Crippen LogP contribution in [0.2, 0.25) is 0 Å². The summed E-state index contributed by atoms with van der Waals surface area (Å²) < 4.78 is 32.5. The van der Waals surface area contributed by atoms with Crippen molar-refractivity contribution in [3.63, 3.8) is 0 Å². The summed E-state index contributed by atoms with van der Waals surface area (Å²) in [4.78, 5) is 3.73. The highest BCUT2D eigenvalue weighted by Gasteiger charge is 2.24. The Bertz CT molecular complexity index is 455. The Labute approximate surface area is 87.1 Å². The van der Waals surface area contributed by atoms with Crippen LogP contribution in [0.1, 0.15) is 0 Å². The van der Waals surface area contributed by atoms with E-state index in [1.807, 2.05) is 0 Å². The van der Waals surface area contributed by atoms with Crippen LogP contribution in [0.15, 0.2) is 23.2 Å². The van der Waals surface area contributed by atoms with Crippen LogP contribution in [0, 0.1) is 0 Å². The topological polar surface area (TPSA) is 91.5 Å². The van der Waals surface area contributed by atoms with Gasteiger partial charge in [0.15, 0.2) is 0 Å². The Kier molecular flexibility index (Phi) is 2.59. The van der Waals surface area contributed by atoms with E-state index in [4.69, 9.17) is 14.6 Å². The number of primary sulfonamides is 1. The first-order valence-corrected chi connectivity index (χ1v) is 5.84. The lowest BCUT2D eigenvalue weighted by atomic mass is 10.3. The summed E-state index contributed by atoms with van der Waals surface area (Å²) in [5.74, 6) is 0.0355. The van der Waals surface area contributed by atoms with Gasteiger partial charge in [-0.15, -0.1) is 0 Å². The quantitative estimate of drug-likeness (QED) is 0.756. The van der Waals surface area contributed by atoms with Crippen molar-refractivity contribution in [2.45, 2.75) is 11.0 Å². The van der Waals surface area contributed by atoms with Gasteiger partial charge in [-0.2, -0.15) is 0 Å². The summed E-state index contributed by atoms with van der Waals surface area (Å²) in [7, 11) is -3.79. The van der Waals surface area contributed by atoms with Gasteiger partial charge in [-0.1, -0.05) is 0 Å². The summed E-state index contributed by atoms with van der Waals surface area (Å²) in [6, 6.07) is 2.85. The third-order valence-electron chi connectivity index (χ3n) is 1.93. The highest BCUT2D eigenvalue weighted by molar-refractivity contribution is 7.89. The second kappa shape index (κ2) is 3.76. The molecule has 0 radical (unpaired) electrons. The zero-order chi connectivity index (χ0) is 10.9. The number of pyridine rings is 1. The van der Waals surface area contributed by atoms with Gasteiger partial charge < -0.3 is 9.47 Å². The molecule has 1 aliphatic rings. The summed E-state index contributed by atoms with van der Waals surface area (Å²) in [5, 5.41) is 5.01. The number of hydrogen-bond acceptors (Lipinski definition) is 5. The summed E-state index contributed by atoms with van der Waals surface area (Å²) >= 11 is 0. The first kappa shape index (κ1) is 10.3. The van der Waals surface area contributed by atoms with Crippen molar-refractivity contribution in [3.8, 4) is 5.88 Å². The molecule has 2 heterocycles. The first-order chi connectivity index (χ1) is 7.07. The summed E-state index contributed by atoms with van der Waals surface area (Å²) in [6.07, 6.45) is 1.31. The molecule has 82 valence electrons.